The fourth-order valence-corrected chi connectivity index (χ4v) is 3.13. The first-order valence-electron chi connectivity index (χ1n) is 6.64. The lowest BCUT2D eigenvalue weighted by Crippen LogP contribution is -2.51. The summed E-state index contributed by atoms with van der Waals surface area (Å²) in [6.45, 7) is 8.31. The topological polar surface area (TPSA) is 45.5 Å². The molecule has 2 atom stereocenters. The molecule has 2 heterocycles. The van der Waals surface area contributed by atoms with Gasteiger partial charge in [-0.05, 0) is 53.0 Å². The molecular formula is C14H22N2O2. The molecule has 2 rings (SSSR count). The van der Waals surface area contributed by atoms with Crippen molar-refractivity contribution in [2.45, 2.75) is 59.0 Å². The van der Waals surface area contributed by atoms with Crippen molar-refractivity contribution in [1.29, 1.82) is 0 Å². The third-order valence-electron chi connectivity index (χ3n) is 4.00. The molecule has 1 N–H and O–H groups in total. The molecule has 4 heteroatoms. The highest BCUT2D eigenvalue weighted by Gasteiger charge is 2.28. The Bertz CT molecular complexity index is 455. The summed E-state index contributed by atoms with van der Waals surface area (Å²) in [5.74, 6) is -0.841. The Hall–Kier alpha value is -1.45. The third kappa shape index (κ3) is 2.00. The van der Waals surface area contributed by atoms with Gasteiger partial charge in [0, 0.05) is 17.8 Å². The van der Waals surface area contributed by atoms with Gasteiger partial charge in [0.1, 0.15) is 0 Å². The molecule has 0 saturated carbocycles. The minimum absolute atomic E-state index is 0.414. The molecule has 0 aliphatic carbocycles. The van der Waals surface area contributed by atoms with Gasteiger partial charge in [-0.1, -0.05) is 0 Å². The van der Waals surface area contributed by atoms with E-state index >= 15 is 0 Å². The zero-order chi connectivity index (χ0) is 13.4. The second-order valence-corrected chi connectivity index (χ2v) is 5.41. The smallest absolute Gasteiger partial charge is 0.337 e. The van der Waals surface area contributed by atoms with Crippen LogP contribution in [0.3, 0.4) is 0 Å². The van der Waals surface area contributed by atoms with E-state index in [1.165, 1.54) is 19.3 Å². The van der Waals surface area contributed by atoms with Gasteiger partial charge < -0.3 is 10.1 Å². The van der Waals surface area contributed by atoms with E-state index in [-0.39, 0.29) is 0 Å². The van der Waals surface area contributed by atoms with Gasteiger partial charge in [0.25, 0.3) is 0 Å². The van der Waals surface area contributed by atoms with Crippen LogP contribution in [0.15, 0.2) is 6.07 Å². The Morgan fingerprint density at radius 2 is 1.83 bits per heavy atom. The van der Waals surface area contributed by atoms with Crippen LogP contribution in [0.5, 0.6) is 0 Å². The van der Waals surface area contributed by atoms with Gasteiger partial charge in [0.15, 0.2) is 0 Å². The summed E-state index contributed by atoms with van der Waals surface area (Å²) in [4.78, 5) is 11.2. The lowest BCUT2D eigenvalue weighted by atomic mass is 10.00. The van der Waals surface area contributed by atoms with Gasteiger partial charge in [0.05, 0.1) is 11.3 Å². The predicted molar refractivity (Wildman–Crippen MR) is 71.9 cm³/mol. The fraction of sp³-hybridized carbons (Fsp3) is 0.643. The minimum atomic E-state index is -0.841. The summed E-state index contributed by atoms with van der Waals surface area (Å²) in [6.07, 6.45) is 3.59. The average Bonchev–Trinajstić information content (AvgIpc) is 2.56. The number of rotatable bonds is 2. The summed E-state index contributed by atoms with van der Waals surface area (Å²) < 4.78 is 2.10. The van der Waals surface area contributed by atoms with E-state index in [4.69, 9.17) is 0 Å². The van der Waals surface area contributed by atoms with Crippen LogP contribution in [0.1, 0.15) is 54.9 Å². The molecule has 1 aliphatic rings. The van der Waals surface area contributed by atoms with Crippen LogP contribution in [0.25, 0.3) is 0 Å². The number of piperidine rings is 1. The summed E-state index contributed by atoms with van der Waals surface area (Å²) in [5.41, 5.74) is 2.25. The van der Waals surface area contributed by atoms with Crippen LogP contribution >= 0.6 is 0 Å². The lowest BCUT2D eigenvalue weighted by Gasteiger charge is -2.43. The van der Waals surface area contributed by atoms with Crippen LogP contribution in [-0.2, 0) is 0 Å². The van der Waals surface area contributed by atoms with Crippen molar-refractivity contribution in [3.8, 4) is 0 Å². The molecule has 0 radical (unpaired) electrons. The van der Waals surface area contributed by atoms with Gasteiger partial charge in [-0.15, -0.1) is 0 Å². The van der Waals surface area contributed by atoms with Gasteiger partial charge >= 0.3 is 5.97 Å². The van der Waals surface area contributed by atoms with Crippen LogP contribution in [0.2, 0.25) is 0 Å². The van der Waals surface area contributed by atoms with E-state index in [2.05, 4.69) is 23.5 Å². The standard InChI is InChI=1S/C14H22N2O2/c1-9-6-5-7-10(2)15(9)16-11(3)8-13(12(16)4)14(17)18/h8-10H,5-7H2,1-4H3,(H,17,18). The van der Waals surface area contributed by atoms with E-state index in [1.54, 1.807) is 6.07 Å². The molecule has 2 unspecified atom stereocenters. The van der Waals surface area contributed by atoms with Gasteiger partial charge in [-0.3, -0.25) is 4.68 Å². The van der Waals surface area contributed by atoms with Crippen molar-refractivity contribution in [3.63, 3.8) is 0 Å². The van der Waals surface area contributed by atoms with Crippen LogP contribution in [0, 0.1) is 13.8 Å². The molecule has 1 aromatic rings. The molecule has 0 spiro atoms. The van der Waals surface area contributed by atoms with E-state index < -0.39 is 5.97 Å². The summed E-state index contributed by atoms with van der Waals surface area (Å²) >= 11 is 0. The Morgan fingerprint density at radius 1 is 1.28 bits per heavy atom. The van der Waals surface area contributed by atoms with Gasteiger partial charge in [0.2, 0.25) is 0 Å². The van der Waals surface area contributed by atoms with Crippen molar-refractivity contribution in [1.82, 2.24) is 4.68 Å². The molecule has 1 fully saturated rings. The van der Waals surface area contributed by atoms with E-state index in [0.29, 0.717) is 17.6 Å². The molecule has 0 amide bonds. The Morgan fingerprint density at radius 3 is 2.28 bits per heavy atom. The summed E-state index contributed by atoms with van der Waals surface area (Å²) in [6, 6.07) is 2.69. The normalized spacial score (nSPS) is 24.3. The maximum absolute atomic E-state index is 11.2. The molecular weight excluding hydrogens is 228 g/mol. The average molecular weight is 250 g/mol. The monoisotopic (exact) mass is 250 g/mol. The Kier molecular flexibility index (Phi) is 3.37. The molecule has 0 bridgehead atoms. The SMILES string of the molecule is Cc1cc(C(=O)O)c(C)n1N1C(C)CCCC1C. The van der Waals surface area contributed by atoms with E-state index in [9.17, 15) is 9.90 Å². The highest BCUT2D eigenvalue weighted by Crippen LogP contribution is 2.25. The lowest BCUT2D eigenvalue weighted by molar-refractivity contribution is 0.0696. The molecule has 4 nitrogen and oxygen atoms in total. The molecule has 1 aromatic heterocycles. The van der Waals surface area contributed by atoms with E-state index in [0.717, 1.165) is 11.4 Å². The number of aryl methyl sites for hydroxylation is 1. The van der Waals surface area contributed by atoms with Crippen LogP contribution in [0.4, 0.5) is 0 Å². The first kappa shape index (κ1) is 13.0. The number of hydrogen-bond donors (Lipinski definition) is 1. The largest absolute Gasteiger partial charge is 0.478 e. The molecule has 0 aromatic carbocycles. The first-order valence-corrected chi connectivity index (χ1v) is 6.64. The van der Waals surface area contributed by atoms with Crippen molar-refractivity contribution in [3.05, 3.63) is 23.0 Å². The second-order valence-electron chi connectivity index (χ2n) is 5.41. The van der Waals surface area contributed by atoms with Gasteiger partial charge in [-0.25, -0.2) is 4.79 Å². The minimum Gasteiger partial charge on any atom is -0.478 e. The first-order chi connectivity index (χ1) is 8.43. The van der Waals surface area contributed by atoms with E-state index in [1.807, 2.05) is 13.8 Å². The fourth-order valence-electron chi connectivity index (χ4n) is 3.13. The Labute approximate surface area is 108 Å². The number of aromatic nitrogens is 1. The Balaban J connectivity index is 2.46. The summed E-state index contributed by atoms with van der Waals surface area (Å²) in [7, 11) is 0. The number of carboxylic acid groups (broad SMARTS) is 1. The van der Waals surface area contributed by atoms with Crippen LogP contribution < -0.4 is 5.01 Å². The molecule has 1 saturated heterocycles. The van der Waals surface area contributed by atoms with Crippen molar-refractivity contribution in [2.75, 3.05) is 5.01 Å². The molecule has 1 aliphatic heterocycles. The second kappa shape index (κ2) is 4.67. The quantitative estimate of drug-likeness (QED) is 0.877. The highest BCUT2D eigenvalue weighted by molar-refractivity contribution is 5.89. The van der Waals surface area contributed by atoms with Crippen LogP contribution in [-0.4, -0.2) is 27.8 Å². The number of carbonyl (C=O) groups is 1. The molecule has 18 heavy (non-hydrogen) atoms. The van der Waals surface area contributed by atoms with Crippen molar-refractivity contribution in [2.24, 2.45) is 0 Å². The number of nitrogens with zero attached hydrogens (tertiary/aromatic N) is 2. The molecule has 100 valence electrons. The maximum atomic E-state index is 11.2. The summed E-state index contributed by atoms with van der Waals surface area (Å²) in [5, 5.41) is 11.5. The highest BCUT2D eigenvalue weighted by atomic mass is 16.4. The van der Waals surface area contributed by atoms with Gasteiger partial charge in [-0.2, -0.15) is 0 Å². The number of aromatic carboxylic acids is 1. The predicted octanol–water partition coefficient (Wildman–Crippen LogP) is 2.70. The zero-order valence-electron chi connectivity index (χ0n) is 11.6. The number of hydrogen-bond acceptors (Lipinski definition) is 2. The third-order valence-corrected chi connectivity index (χ3v) is 4.00. The number of carboxylic acids is 1. The van der Waals surface area contributed by atoms with Crippen molar-refractivity contribution >= 4 is 5.97 Å². The van der Waals surface area contributed by atoms with Crippen molar-refractivity contribution < 1.29 is 9.90 Å². The zero-order valence-corrected chi connectivity index (χ0v) is 11.6. The maximum Gasteiger partial charge on any atom is 0.337 e.